The topological polar surface area (TPSA) is 102 Å². The Morgan fingerprint density at radius 1 is 0.971 bits per heavy atom. The Morgan fingerprint density at radius 3 is 2.43 bits per heavy atom. The summed E-state index contributed by atoms with van der Waals surface area (Å²) in [4.78, 5) is 9.27. The first-order valence-electron chi connectivity index (χ1n) is 11.3. The molecule has 0 saturated heterocycles. The maximum Gasteiger partial charge on any atom is 0.229 e. The van der Waals surface area contributed by atoms with Gasteiger partial charge in [-0.3, -0.25) is 4.68 Å². The van der Waals surface area contributed by atoms with Crippen LogP contribution in [-0.2, 0) is 16.4 Å². The molecule has 0 fully saturated rings. The Balaban J connectivity index is 1.48. The number of hydrogen-bond donors (Lipinski definition) is 2. The minimum atomic E-state index is -3.40. The zero-order valence-corrected chi connectivity index (χ0v) is 21.2. The highest BCUT2D eigenvalue weighted by Crippen LogP contribution is 2.26. The Hall–Kier alpha value is -3.72. The largest absolute Gasteiger partial charge is 0.340 e. The molecule has 0 saturated carbocycles. The van der Waals surface area contributed by atoms with E-state index in [9.17, 15) is 8.42 Å². The van der Waals surface area contributed by atoms with E-state index in [1.54, 1.807) is 30.6 Å². The van der Waals surface area contributed by atoms with Crippen LogP contribution < -0.4 is 10.6 Å². The molecule has 182 valence electrons. The monoisotopic (exact) mass is 490 g/mol. The predicted molar refractivity (Wildman–Crippen MR) is 139 cm³/mol. The lowest BCUT2D eigenvalue weighted by Crippen LogP contribution is -2.20. The second-order valence-corrected chi connectivity index (χ2v) is 11.7. The Kier molecular flexibility index (Phi) is 6.88. The second-order valence-electron chi connectivity index (χ2n) is 9.72. The van der Waals surface area contributed by atoms with Gasteiger partial charge < -0.3 is 10.6 Å². The van der Waals surface area contributed by atoms with Crippen molar-refractivity contribution in [2.45, 2.75) is 39.1 Å². The summed E-state index contributed by atoms with van der Waals surface area (Å²) in [6.07, 6.45) is 5.41. The second kappa shape index (κ2) is 9.87. The van der Waals surface area contributed by atoms with Crippen LogP contribution in [0.25, 0.3) is 0 Å². The lowest BCUT2D eigenvalue weighted by molar-refractivity contribution is 0.462. The fourth-order valence-electron chi connectivity index (χ4n) is 3.59. The third kappa shape index (κ3) is 6.66. The van der Waals surface area contributed by atoms with Gasteiger partial charge in [0, 0.05) is 35.5 Å². The first kappa shape index (κ1) is 24.4. The third-order valence-corrected chi connectivity index (χ3v) is 7.38. The highest BCUT2D eigenvalue weighted by atomic mass is 32.2. The number of aryl methyl sites for hydroxylation is 1. The molecule has 2 aromatic heterocycles. The molecule has 35 heavy (non-hydrogen) atoms. The van der Waals surface area contributed by atoms with E-state index in [-0.39, 0.29) is 16.1 Å². The standard InChI is InChI=1S/C26H30N6O2S/c1-19-16-27-25(30-21-11-9-20(10-12-21)17-32-14-6-13-28-32)31-24(19)29-22-7-5-8-23(15-22)35(33,34)18-26(2,3)4/h5-16H,17-18H2,1-4H3,(H2,27,29,30,31). The molecule has 2 heterocycles. The van der Waals surface area contributed by atoms with E-state index in [1.807, 2.05) is 75.0 Å². The number of benzene rings is 2. The normalized spacial score (nSPS) is 11.9. The smallest absolute Gasteiger partial charge is 0.229 e. The molecule has 0 amide bonds. The van der Waals surface area contributed by atoms with Crippen molar-refractivity contribution < 1.29 is 8.42 Å². The van der Waals surface area contributed by atoms with E-state index in [4.69, 9.17) is 0 Å². The summed E-state index contributed by atoms with van der Waals surface area (Å²) in [5.74, 6) is 1.11. The van der Waals surface area contributed by atoms with Crippen molar-refractivity contribution in [1.29, 1.82) is 0 Å². The van der Waals surface area contributed by atoms with Gasteiger partial charge in [0.25, 0.3) is 0 Å². The van der Waals surface area contributed by atoms with Gasteiger partial charge in [-0.25, -0.2) is 13.4 Å². The fraction of sp³-hybridized carbons (Fsp3) is 0.269. The summed E-state index contributed by atoms with van der Waals surface area (Å²) in [5, 5.41) is 10.7. The van der Waals surface area contributed by atoms with Crippen molar-refractivity contribution in [3.63, 3.8) is 0 Å². The maximum atomic E-state index is 12.8. The minimum absolute atomic E-state index is 0.0742. The number of rotatable bonds is 8. The summed E-state index contributed by atoms with van der Waals surface area (Å²) >= 11 is 0. The van der Waals surface area contributed by atoms with Gasteiger partial charge in [0.05, 0.1) is 17.2 Å². The van der Waals surface area contributed by atoms with Gasteiger partial charge in [-0.2, -0.15) is 10.1 Å². The quantitative estimate of drug-likeness (QED) is 0.344. The van der Waals surface area contributed by atoms with E-state index in [0.29, 0.717) is 24.0 Å². The van der Waals surface area contributed by atoms with Gasteiger partial charge >= 0.3 is 0 Å². The summed E-state index contributed by atoms with van der Waals surface area (Å²) in [7, 11) is -3.40. The Morgan fingerprint density at radius 2 is 1.74 bits per heavy atom. The van der Waals surface area contributed by atoms with Gasteiger partial charge in [0.1, 0.15) is 5.82 Å². The van der Waals surface area contributed by atoms with Gasteiger partial charge in [-0.15, -0.1) is 0 Å². The van der Waals surface area contributed by atoms with Gasteiger partial charge in [0.2, 0.25) is 5.95 Å². The minimum Gasteiger partial charge on any atom is -0.340 e. The number of anilines is 4. The SMILES string of the molecule is Cc1cnc(Nc2ccc(Cn3cccn3)cc2)nc1Nc1cccc(S(=O)(=O)CC(C)(C)C)c1. The van der Waals surface area contributed by atoms with Crippen LogP contribution in [0.3, 0.4) is 0 Å². The molecule has 4 aromatic rings. The average molecular weight is 491 g/mol. The molecule has 4 rings (SSSR count). The molecule has 0 aliphatic rings. The number of nitrogens with one attached hydrogen (secondary N) is 2. The first-order chi connectivity index (χ1) is 16.6. The number of sulfone groups is 1. The van der Waals surface area contributed by atoms with Gasteiger partial charge in [0.15, 0.2) is 9.84 Å². The zero-order valence-electron chi connectivity index (χ0n) is 20.4. The van der Waals surface area contributed by atoms with Crippen LogP contribution in [0.5, 0.6) is 0 Å². The molecule has 2 N–H and O–H groups in total. The molecule has 9 heteroatoms. The number of hydrogen-bond acceptors (Lipinski definition) is 7. The van der Waals surface area contributed by atoms with Gasteiger partial charge in [-0.1, -0.05) is 39.0 Å². The Labute approximate surface area is 206 Å². The van der Waals surface area contributed by atoms with Crippen LogP contribution in [0.2, 0.25) is 0 Å². The number of nitrogens with zero attached hydrogens (tertiary/aromatic N) is 4. The van der Waals surface area contributed by atoms with Crippen LogP contribution in [0, 0.1) is 12.3 Å². The van der Waals surface area contributed by atoms with Crippen molar-refractivity contribution in [2.75, 3.05) is 16.4 Å². The van der Waals surface area contributed by atoms with E-state index in [0.717, 1.165) is 16.8 Å². The van der Waals surface area contributed by atoms with E-state index in [2.05, 4.69) is 25.7 Å². The van der Waals surface area contributed by atoms with E-state index in [1.165, 1.54) is 0 Å². The predicted octanol–water partition coefficient (Wildman–Crippen LogP) is 5.34. The molecule has 0 radical (unpaired) electrons. The maximum absolute atomic E-state index is 12.8. The molecular formula is C26H30N6O2S. The molecule has 2 aromatic carbocycles. The van der Waals surface area contributed by atoms with Crippen LogP contribution in [-0.4, -0.2) is 33.9 Å². The molecule has 0 unspecified atom stereocenters. The van der Waals surface area contributed by atoms with Crippen LogP contribution in [0.15, 0.2) is 78.1 Å². The Bertz CT molecular complexity index is 1390. The van der Waals surface area contributed by atoms with Crippen LogP contribution in [0.4, 0.5) is 23.1 Å². The molecule has 0 atom stereocenters. The first-order valence-corrected chi connectivity index (χ1v) is 13.0. The van der Waals surface area contributed by atoms with Crippen LogP contribution in [0.1, 0.15) is 31.9 Å². The molecule has 0 bridgehead atoms. The molecule has 0 aliphatic carbocycles. The van der Waals surface area contributed by atoms with Crippen molar-refractivity contribution in [2.24, 2.45) is 5.41 Å². The van der Waals surface area contributed by atoms with Gasteiger partial charge in [-0.05, 0) is 54.3 Å². The third-order valence-electron chi connectivity index (χ3n) is 5.16. The fourth-order valence-corrected chi connectivity index (χ4v) is 5.49. The molecular weight excluding hydrogens is 460 g/mol. The summed E-state index contributed by atoms with van der Waals surface area (Å²) < 4.78 is 27.5. The van der Waals surface area contributed by atoms with E-state index < -0.39 is 9.84 Å². The molecule has 0 aliphatic heterocycles. The lowest BCUT2D eigenvalue weighted by Gasteiger charge is -2.18. The van der Waals surface area contributed by atoms with Crippen molar-refractivity contribution >= 4 is 33.0 Å². The summed E-state index contributed by atoms with van der Waals surface area (Å²) in [5.41, 5.74) is 3.15. The highest BCUT2D eigenvalue weighted by molar-refractivity contribution is 7.91. The van der Waals surface area contributed by atoms with Crippen molar-refractivity contribution in [3.8, 4) is 0 Å². The molecule has 0 spiro atoms. The van der Waals surface area contributed by atoms with Crippen LogP contribution >= 0.6 is 0 Å². The lowest BCUT2D eigenvalue weighted by atomic mass is 10.0. The zero-order chi connectivity index (χ0) is 25.1. The number of aromatic nitrogens is 4. The highest BCUT2D eigenvalue weighted by Gasteiger charge is 2.23. The van der Waals surface area contributed by atoms with Crippen molar-refractivity contribution in [3.05, 3.63) is 84.3 Å². The molecule has 8 nitrogen and oxygen atoms in total. The summed E-state index contributed by atoms with van der Waals surface area (Å²) in [6, 6.07) is 16.7. The van der Waals surface area contributed by atoms with E-state index >= 15 is 0 Å². The van der Waals surface area contributed by atoms with Crippen molar-refractivity contribution in [1.82, 2.24) is 19.7 Å². The average Bonchev–Trinajstić information content (AvgIpc) is 3.29. The summed E-state index contributed by atoms with van der Waals surface area (Å²) in [6.45, 7) is 8.35.